The summed E-state index contributed by atoms with van der Waals surface area (Å²) in [5.74, 6) is -0.385. The van der Waals surface area contributed by atoms with Crippen molar-refractivity contribution in [1.29, 1.82) is 0 Å². The molecule has 14 heteroatoms. The number of benzene rings is 1. The lowest BCUT2D eigenvalue weighted by Gasteiger charge is -2.33. The first kappa shape index (κ1) is 29.1. The molecule has 2 N–H and O–H groups in total. The first-order valence-corrected chi connectivity index (χ1v) is 14.6. The molecule has 1 aliphatic heterocycles. The first-order chi connectivity index (χ1) is 20.6. The predicted octanol–water partition coefficient (Wildman–Crippen LogP) is 5.34. The Morgan fingerprint density at radius 1 is 1.16 bits per heavy atom. The Kier molecular flexibility index (Phi) is 8.12. The molecule has 4 aromatic rings. The van der Waals surface area contributed by atoms with E-state index < -0.39 is 24.9 Å². The third-order valence-electron chi connectivity index (χ3n) is 8.28. The molecule has 3 aromatic heterocycles. The second-order valence-corrected chi connectivity index (χ2v) is 11.5. The number of amides is 1. The molecule has 6 rings (SSSR count). The summed E-state index contributed by atoms with van der Waals surface area (Å²) in [5.41, 5.74) is 1.32. The molecule has 4 heterocycles. The minimum atomic E-state index is -4.52. The lowest BCUT2D eigenvalue weighted by molar-refractivity contribution is -0.139. The van der Waals surface area contributed by atoms with Crippen LogP contribution < -0.4 is 10.6 Å². The summed E-state index contributed by atoms with van der Waals surface area (Å²) in [6.07, 6.45) is 3.71. The SMILES string of the molecule is CN1CC[C@@H](Nc2cccc3c2cc(-c2noc(CNC(=O)c4cnn(C5CCCCC5)c4)n2)n3CC(F)(F)F)[C@@H](F)C1. The van der Waals surface area contributed by atoms with Crippen molar-refractivity contribution in [2.45, 2.75) is 76.0 Å². The van der Waals surface area contributed by atoms with E-state index >= 15 is 0 Å². The van der Waals surface area contributed by atoms with E-state index in [0.717, 1.165) is 30.3 Å². The van der Waals surface area contributed by atoms with Gasteiger partial charge in [-0.25, -0.2) is 4.39 Å². The molecule has 1 saturated carbocycles. The zero-order valence-electron chi connectivity index (χ0n) is 23.8. The normalized spacial score (nSPS) is 20.5. The number of rotatable bonds is 8. The molecule has 0 unspecified atom stereocenters. The Balaban J connectivity index is 1.21. The summed E-state index contributed by atoms with van der Waals surface area (Å²) in [7, 11) is 1.85. The van der Waals surface area contributed by atoms with Gasteiger partial charge in [0, 0.05) is 30.4 Å². The number of fused-ring (bicyclic) bond motifs is 1. The van der Waals surface area contributed by atoms with Crippen LogP contribution in [0.5, 0.6) is 0 Å². The smallest absolute Gasteiger partial charge is 0.379 e. The number of carbonyl (C=O) groups is 1. The van der Waals surface area contributed by atoms with Crippen LogP contribution in [0.2, 0.25) is 0 Å². The Hall–Kier alpha value is -3.94. The number of aromatic nitrogens is 5. The van der Waals surface area contributed by atoms with Crippen molar-refractivity contribution in [3.63, 3.8) is 0 Å². The van der Waals surface area contributed by atoms with Crippen LogP contribution in [0, 0.1) is 0 Å². The summed E-state index contributed by atoms with van der Waals surface area (Å²) in [4.78, 5) is 18.9. The number of nitrogens with one attached hydrogen (secondary N) is 2. The fourth-order valence-corrected chi connectivity index (χ4v) is 6.05. The third kappa shape index (κ3) is 6.53. The van der Waals surface area contributed by atoms with Gasteiger partial charge in [0.05, 0.1) is 41.6 Å². The number of hydrogen-bond donors (Lipinski definition) is 2. The summed E-state index contributed by atoms with van der Waals surface area (Å²) < 4.78 is 64.0. The van der Waals surface area contributed by atoms with E-state index in [2.05, 4.69) is 25.9 Å². The molecule has 43 heavy (non-hydrogen) atoms. The van der Waals surface area contributed by atoms with Crippen molar-refractivity contribution >= 4 is 22.5 Å². The summed E-state index contributed by atoms with van der Waals surface area (Å²) in [6.45, 7) is -0.403. The zero-order chi connectivity index (χ0) is 30.1. The highest BCUT2D eigenvalue weighted by atomic mass is 19.4. The minimum Gasteiger partial charge on any atom is -0.379 e. The van der Waals surface area contributed by atoms with E-state index in [9.17, 15) is 22.4 Å². The van der Waals surface area contributed by atoms with Gasteiger partial charge in [0.2, 0.25) is 11.7 Å². The highest BCUT2D eigenvalue weighted by Gasteiger charge is 2.32. The fraction of sp³-hybridized carbons (Fsp3) is 0.517. The van der Waals surface area contributed by atoms with Gasteiger partial charge in [0.15, 0.2) is 0 Å². The summed E-state index contributed by atoms with van der Waals surface area (Å²) >= 11 is 0. The van der Waals surface area contributed by atoms with Crippen molar-refractivity contribution < 1.29 is 26.9 Å². The van der Waals surface area contributed by atoms with Crippen LogP contribution in [0.25, 0.3) is 22.4 Å². The molecule has 2 fully saturated rings. The van der Waals surface area contributed by atoms with Gasteiger partial charge in [0.1, 0.15) is 12.7 Å². The van der Waals surface area contributed by atoms with Crippen LogP contribution in [0.4, 0.5) is 23.2 Å². The molecule has 0 spiro atoms. The van der Waals surface area contributed by atoms with Crippen molar-refractivity contribution in [2.24, 2.45) is 0 Å². The van der Waals surface area contributed by atoms with Gasteiger partial charge < -0.3 is 24.6 Å². The molecule has 230 valence electrons. The van der Waals surface area contributed by atoms with Gasteiger partial charge >= 0.3 is 6.18 Å². The molecule has 1 aliphatic carbocycles. The maximum Gasteiger partial charge on any atom is 0.406 e. The predicted molar refractivity (Wildman–Crippen MR) is 151 cm³/mol. The Morgan fingerprint density at radius 3 is 2.74 bits per heavy atom. The van der Waals surface area contributed by atoms with Crippen LogP contribution in [-0.2, 0) is 13.1 Å². The average Bonchev–Trinajstić information content (AvgIpc) is 3.73. The number of alkyl halides is 4. The highest BCUT2D eigenvalue weighted by Crippen LogP contribution is 2.35. The van der Waals surface area contributed by atoms with E-state index in [0.29, 0.717) is 35.1 Å². The van der Waals surface area contributed by atoms with E-state index in [4.69, 9.17) is 4.52 Å². The van der Waals surface area contributed by atoms with E-state index in [1.807, 2.05) is 16.6 Å². The fourth-order valence-electron chi connectivity index (χ4n) is 6.05. The monoisotopic (exact) mass is 602 g/mol. The highest BCUT2D eigenvalue weighted by molar-refractivity contribution is 5.96. The quantitative estimate of drug-likeness (QED) is 0.262. The molecule has 2 aliphatic rings. The molecule has 1 saturated heterocycles. The number of halogens is 4. The van der Waals surface area contributed by atoms with E-state index in [1.165, 1.54) is 12.6 Å². The largest absolute Gasteiger partial charge is 0.406 e. The Morgan fingerprint density at radius 2 is 1.98 bits per heavy atom. The van der Waals surface area contributed by atoms with Crippen molar-refractivity contribution in [1.82, 2.24) is 34.7 Å². The second-order valence-electron chi connectivity index (χ2n) is 11.5. The number of likely N-dealkylation sites (tertiary alicyclic amines) is 1. The van der Waals surface area contributed by atoms with Crippen LogP contribution in [0.1, 0.15) is 60.8 Å². The summed E-state index contributed by atoms with van der Waals surface area (Å²) in [6, 6.07) is 6.31. The van der Waals surface area contributed by atoms with E-state index in [1.54, 1.807) is 30.5 Å². The molecule has 10 nitrogen and oxygen atoms in total. The van der Waals surface area contributed by atoms with Crippen molar-refractivity contribution in [3.05, 3.63) is 48.1 Å². The van der Waals surface area contributed by atoms with E-state index in [-0.39, 0.29) is 42.4 Å². The zero-order valence-corrected chi connectivity index (χ0v) is 23.8. The molecule has 1 aromatic carbocycles. The van der Waals surface area contributed by atoms with Crippen LogP contribution in [0.3, 0.4) is 0 Å². The van der Waals surface area contributed by atoms with Gasteiger partial charge in [-0.05, 0) is 44.5 Å². The van der Waals surface area contributed by atoms with Crippen LogP contribution in [0.15, 0.2) is 41.2 Å². The standard InChI is InChI=1S/C29H34F4N8O2/c1-39-11-10-23(21(30)16-39)36-22-8-5-9-24-20(22)12-25(40(24)17-29(31,32)33)27-37-26(43-38-27)14-34-28(42)18-13-35-41(15-18)19-6-3-2-4-7-19/h5,8-9,12-13,15,19,21,23,36H,2-4,6-7,10-11,14,16-17H2,1H3,(H,34,42)/t21-,23+/m0/s1. The van der Waals surface area contributed by atoms with Gasteiger partial charge in [0.25, 0.3) is 5.91 Å². The lowest BCUT2D eigenvalue weighted by atomic mass is 9.96. The van der Waals surface area contributed by atoms with Gasteiger partial charge in [-0.1, -0.05) is 30.5 Å². The minimum absolute atomic E-state index is 0.0387. The number of nitrogens with zero attached hydrogens (tertiary/aromatic N) is 6. The first-order valence-electron chi connectivity index (χ1n) is 14.6. The molecule has 0 radical (unpaired) electrons. The molecule has 0 bridgehead atoms. The Labute approximate surface area is 245 Å². The molecular formula is C29H34F4N8O2. The van der Waals surface area contributed by atoms with Crippen molar-refractivity contribution in [2.75, 3.05) is 25.5 Å². The van der Waals surface area contributed by atoms with Gasteiger partial charge in [-0.2, -0.15) is 23.3 Å². The Bertz CT molecular complexity index is 1570. The second kappa shape index (κ2) is 12.0. The number of hydrogen-bond acceptors (Lipinski definition) is 7. The number of anilines is 1. The molecule has 2 atom stereocenters. The average molecular weight is 603 g/mol. The van der Waals surface area contributed by atoms with Crippen molar-refractivity contribution in [3.8, 4) is 11.5 Å². The molecule has 1 amide bonds. The maximum atomic E-state index is 14.8. The van der Waals surface area contributed by atoms with Crippen LogP contribution in [-0.4, -0.2) is 73.8 Å². The van der Waals surface area contributed by atoms with Crippen LogP contribution >= 0.6 is 0 Å². The number of piperidine rings is 1. The maximum absolute atomic E-state index is 14.8. The summed E-state index contributed by atoms with van der Waals surface area (Å²) in [5, 5.41) is 14.7. The van der Waals surface area contributed by atoms with Gasteiger partial charge in [-0.15, -0.1) is 0 Å². The third-order valence-corrected chi connectivity index (χ3v) is 8.28. The lowest BCUT2D eigenvalue weighted by Crippen LogP contribution is -2.46. The van der Waals surface area contributed by atoms with Gasteiger partial charge in [-0.3, -0.25) is 9.48 Å². The number of carbonyl (C=O) groups excluding carboxylic acids is 1. The topological polar surface area (TPSA) is 106 Å². The molecular weight excluding hydrogens is 568 g/mol.